The Morgan fingerprint density at radius 3 is 2.34 bits per heavy atom. The van der Waals surface area contributed by atoms with Crippen molar-refractivity contribution in [3.8, 4) is 5.75 Å². The molecule has 2 aromatic carbocycles. The Bertz CT molecular complexity index is 1040. The number of imide groups is 1. The maximum atomic E-state index is 12.7. The number of carbonyl (C=O) groups excluding carboxylic acids is 4. The predicted molar refractivity (Wildman–Crippen MR) is 118 cm³/mol. The van der Waals surface area contributed by atoms with Gasteiger partial charge in [0.15, 0.2) is 6.61 Å². The highest BCUT2D eigenvalue weighted by molar-refractivity contribution is 6.22. The Balaban J connectivity index is 1.64. The number of nitrogens with one attached hydrogen (secondary N) is 1. The van der Waals surface area contributed by atoms with Crippen LogP contribution in [-0.2, 0) is 14.3 Å². The van der Waals surface area contributed by atoms with Crippen LogP contribution in [0, 0.1) is 0 Å². The van der Waals surface area contributed by atoms with Gasteiger partial charge in [-0.25, -0.2) is 9.69 Å². The second-order valence-electron chi connectivity index (χ2n) is 8.46. The van der Waals surface area contributed by atoms with Crippen LogP contribution in [0.2, 0.25) is 0 Å². The summed E-state index contributed by atoms with van der Waals surface area (Å²) in [7, 11) is 1.46. The molecule has 8 nitrogen and oxygen atoms in total. The summed E-state index contributed by atoms with van der Waals surface area (Å²) in [5.41, 5.74) is 0.582. The van der Waals surface area contributed by atoms with Crippen molar-refractivity contribution in [2.24, 2.45) is 0 Å². The zero-order valence-corrected chi connectivity index (χ0v) is 18.5. The topological polar surface area (TPSA) is 102 Å². The Morgan fingerprint density at radius 2 is 1.72 bits per heavy atom. The molecule has 0 aliphatic carbocycles. The number of anilines is 1. The van der Waals surface area contributed by atoms with Crippen LogP contribution in [-0.4, -0.2) is 48.9 Å². The van der Waals surface area contributed by atoms with Crippen molar-refractivity contribution in [1.29, 1.82) is 0 Å². The molecule has 32 heavy (non-hydrogen) atoms. The monoisotopic (exact) mass is 438 g/mol. The van der Waals surface area contributed by atoms with Crippen molar-refractivity contribution >= 4 is 29.3 Å². The molecule has 0 aromatic heterocycles. The first-order valence-corrected chi connectivity index (χ1v) is 10.2. The summed E-state index contributed by atoms with van der Waals surface area (Å²) in [6.07, 6.45) is 0.0744. The number of methoxy groups -OCH3 is 1. The van der Waals surface area contributed by atoms with Crippen LogP contribution in [0.5, 0.6) is 5.75 Å². The Kier molecular flexibility index (Phi) is 6.74. The van der Waals surface area contributed by atoms with Gasteiger partial charge in [-0.05, 0) is 57.2 Å². The number of hydrogen-bond donors (Lipinski definition) is 1. The van der Waals surface area contributed by atoms with E-state index < -0.39 is 24.4 Å². The van der Waals surface area contributed by atoms with Crippen LogP contribution in [0.15, 0.2) is 48.5 Å². The van der Waals surface area contributed by atoms with Crippen molar-refractivity contribution in [1.82, 2.24) is 5.32 Å². The molecule has 1 fully saturated rings. The van der Waals surface area contributed by atoms with Gasteiger partial charge in [0.1, 0.15) is 5.75 Å². The molecule has 168 valence electrons. The van der Waals surface area contributed by atoms with E-state index in [1.54, 1.807) is 24.3 Å². The first kappa shape index (κ1) is 23.1. The van der Waals surface area contributed by atoms with E-state index in [1.165, 1.54) is 31.4 Å². The van der Waals surface area contributed by atoms with Gasteiger partial charge in [0.25, 0.3) is 5.91 Å². The molecule has 1 aliphatic heterocycles. The smallest absolute Gasteiger partial charge is 0.338 e. The van der Waals surface area contributed by atoms with Crippen LogP contribution in [0.4, 0.5) is 5.69 Å². The number of rotatable bonds is 7. The lowest BCUT2D eigenvalue weighted by Crippen LogP contribution is -2.47. The first-order valence-electron chi connectivity index (χ1n) is 10.2. The van der Waals surface area contributed by atoms with Gasteiger partial charge >= 0.3 is 5.97 Å². The minimum absolute atomic E-state index is 0.0744. The number of nitrogens with zero attached hydrogens (tertiary/aromatic N) is 1. The van der Waals surface area contributed by atoms with Crippen molar-refractivity contribution < 1.29 is 28.7 Å². The van der Waals surface area contributed by atoms with Crippen molar-refractivity contribution in [2.75, 3.05) is 18.6 Å². The number of Topliss-reactive ketones (excluding diaryl/α,β-unsaturated/α-hetero) is 1. The standard InChI is InChI=1S/C24H26N2O6/c1-24(2,3)25-18-13-21(28)26(22(18)29)16-11-9-15(10-12-16)23(30)32-14-19(27)17-7-5-6-8-20(17)31-4/h5-12,18,25H,13-14H2,1-4H3. The van der Waals surface area contributed by atoms with Gasteiger partial charge in [-0.15, -0.1) is 0 Å². The molecular weight excluding hydrogens is 412 g/mol. The maximum Gasteiger partial charge on any atom is 0.338 e. The molecule has 0 spiro atoms. The maximum absolute atomic E-state index is 12.7. The van der Waals surface area contributed by atoms with Crippen LogP contribution in [0.3, 0.4) is 0 Å². The largest absolute Gasteiger partial charge is 0.496 e. The highest BCUT2D eigenvalue weighted by atomic mass is 16.5. The van der Waals surface area contributed by atoms with Gasteiger partial charge < -0.3 is 14.8 Å². The summed E-state index contributed by atoms with van der Waals surface area (Å²) in [6.45, 7) is 5.33. The molecule has 1 N–H and O–H groups in total. The van der Waals surface area contributed by atoms with Gasteiger partial charge in [0, 0.05) is 5.54 Å². The third-order valence-electron chi connectivity index (χ3n) is 4.86. The van der Waals surface area contributed by atoms with E-state index in [4.69, 9.17) is 9.47 Å². The van der Waals surface area contributed by atoms with Crippen molar-refractivity contribution in [3.05, 3.63) is 59.7 Å². The number of ether oxygens (including phenoxy) is 2. The zero-order valence-electron chi connectivity index (χ0n) is 18.5. The average molecular weight is 438 g/mol. The number of ketones is 1. The fourth-order valence-corrected chi connectivity index (χ4v) is 3.45. The fourth-order valence-electron chi connectivity index (χ4n) is 3.45. The lowest BCUT2D eigenvalue weighted by atomic mass is 10.1. The van der Waals surface area contributed by atoms with Crippen molar-refractivity contribution in [2.45, 2.75) is 38.8 Å². The van der Waals surface area contributed by atoms with Gasteiger partial charge in [-0.3, -0.25) is 14.4 Å². The highest BCUT2D eigenvalue weighted by Crippen LogP contribution is 2.25. The average Bonchev–Trinajstić information content (AvgIpc) is 3.03. The third-order valence-corrected chi connectivity index (χ3v) is 4.86. The SMILES string of the molecule is COc1ccccc1C(=O)COC(=O)c1ccc(N2C(=O)CC(NC(C)(C)C)C2=O)cc1. The van der Waals surface area contributed by atoms with Crippen LogP contribution >= 0.6 is 0 Å². The molecule has 3 rings (SSSR count). The molecule has 0 saturated carbocycles. The van der Waals surface area contributed by atoms with Crippen LogP contribution < -0.4 is 15.0 Å². The zero-order chi connectivity index (χ0) is 23.5. The molecule has 1 heterocycles. The van der Waals surface area contributed by atoms with E-state index in [1.807, 2.05) is 20.8 Å². The van der Waals surface area contributed by atoms with Gasteiger partial charge in [0.05, 0.1) is 36.4 Å². The molecular formula is C24H26N2O6. The molecule has 1 aliphatic rings. The van der Waals surface area contributed by atoms with Crippen LogP contribution in [0.1, 0.15) is 47.9 Å². The predicted octanol–water partition coefficient (Wildman–Crippen LogP) is 2.75. The summed E-state index contributed by atoms with van der Waals surface area (Å²) in [6, 6.07) is 12.0. The summed E-state index contributed by atoms with van der Waals surface area (Å²) in [5.74, 6) is -1.32. The Morgan fingerprint density at radius 1 is 1.06 bits per heavy atom. The van der Waals surface area contributed by atoms with Gasteiger partial charge in [-0.1, -0.05) is 12.1 Å². The number of carbonyl (C=O) groups is 4. The van der Waals surface area contributed by atoms with Gasteiger partial charge in [-0.2, -0.15) is 0 Å². The third kappa shape index (κ3) is 5.20. The second kappa shape index (κ2) is 9.32. The normalized spacial score (nSPS) is 16.2. The second-order valence-corrected chi connectivity index (χ2v) is 8.46. The molecule has 1 unspecified atom stereocenters. The lowest BCUT2D eigenvalue weighted by molar-refractivity contribution is -0.121. The van der Waals surface area contributed by atoms with E-state index in [2.05, 4.69) is 5.32 Å². The number of benzene rings is 2. The number of amides is 2. The fraction of sp³-hybridized carbons (Fsp3) is 0.333. The summed E-state index contributed by atoms with van der Waals surface area (Å²) in [5, 5.41) is 3.15. The van der Waals surface area contributed by atoms with Crippen molar-refractivity contribution in [3.63, 3.8) is 0 Å². The summed E-state index contributed by atoms with van der Waals surface area (Å²) < 4.78 is 10.3. The molecule has 0 bridgehead atoms. The Hall–Kier alpha value is -3.52. The molecule has 1 atom stereocenters. The first-order chi connectivity index (χ1) is 15.1. The lowest BCUT2D eigenvalue weighted by Gasteiger charge is -2.24. The molecule has 2 amide bonds. The summed E-state index contributed by atoms with van der Waals surface area (Å²) >= 11 is 0. The minimum Gasteiger partial charge on any atom is -0.496 e. The van der Waals surface area contributed by atoms with E-state index in [-0.39, 0.29) is 29.3 Å². The van der Waals surface area contributed by atoms with Gasteiger partial charge in [0.2, 0.25) is 11.7 Å². The van der Waals surface area contributed by atoms with E-state index in [0.29, 0.717) is 17.0 Å². The minimum atomic E-state index is -0.689. The van der Waals surface area contributed by atoms with Crippen LogP contribution in [0.25, 0.3) is 0 Å². The highest BCUT2D eigenvalue weighted by Gasteiger charge is 2.40. The number of esters is 1. The number of para-hydroxylation sites is 1. The number of hydrogen-bond acceptors (Lipinski definition) is 7. The molecule has 8 heteroatoms. The Labute approximate surface area is 186 Å². The summed E-state index contributed by atoms with van der Waals surface area (Å²) in [4.78, 5) is 50.9. The van der Waals surface area contributed by atoms with E-state index >= 15 is 0 Å². The van der Waals surface area contributed by atoms with E-state index in [9.17, 15) is 19.2 Å². The molecule has 0 radical (unpaired) electrons. The molecule has 2 aromatic rings. The molecule has 1 saturated heterocycles. The quantitative estimate of drug-likeness (QED) is 0.403. The van der Waals surface area contributed by atoms with E-state index in [0.717, 1.165) is 4.90 Å².